The van der Waals surface area contributed by atoms with Crippen molar-refractivity contribution in [2.24, 2.45) is 5.41 Å². The molecule has 0 radical (unpaired) electrons. The number of hydrogen-bond donors (Lipinski definition) is 1. The fourth-order valence-corrected chi connectivity index (χ4v) is 1.31. The van der Waals surface area contributed by atoms with Crippen LogP contribution in [0.5, 0.6) is 0 Å². The summed E-state index contributed by atoms with van der Waals surface area (Å²) in [6.45, 7) is 16.1. The normalized spacial score (nSPS) is 16.4. The second-order valence-electron chi connectivity index (χ2n) is 5.57. The van der Waals surface area contributed by atoms with Crippen LogP contribution in [0.25, 0.3) is 0 Å². The molecule has 1 nitrogen and oxygen atoms in total. The van der Waals surface area contributed by atoms with Crippen LogP contribution in [-0.4, -0.2) is 12.1 Å². The van der Waals surface area contributed by atoms with Crippen LogP contribution in [0.15, 0.2) is 12.7 Å². The van der Waals surface area contributed by atoms with Crippen LogP contribution < -0.4 is 5.32 Å². The number of rotatable bonds is 6. The third kappa shape index (κ3) is 6.20. The molecule has 1 atom stereocenters. The second kappa shape index (κ2) is 5.55. The van der Waals surface area contributed by atoms with E-state index in [4.69, 9.17) is 0 Å². The third-order valence-electron chi connectivity index (χ3n) is 2.62. The van der Waals surface area contributed by atoms with Crippen LogP contribution in [-0.2, 0) is 0 Å². The molecule has 0 bridgehead atoms. The lowest BCUT2D eigenvalue weighted by molar-refractivity contribution is 0.302. The van der Waals surface area contributed by atoms with Crippen LogP contribution in [0, 0.1) is 5.41 Å². The molecule has 0 saturated heterocycles. The van der Waals surface area contributed by atoms with Gasteiger partial charge in [-0.25, -0.2) is 0 Å². The van der Waals surface area contributed by atoms with E-state index in [1.807, 2.05) is 0 Å². The van der Waals surface area contributed by atoms with Gasteiger partial charge < -0.3 is 5.32 Å². The molecule has 0 aromatic heterocycles. The van der Waals surface area contributed by atoms with Crippen molar-refractivity contribution in [1.29, 1.82) is 0 Å². The van der Waals surface area contributed by atoms with Crippen LogP contribution in [0.3, 0.4) is 0 Å². The average molecular weight is 197 g/mol. The Bertz CT molecular complexity index is 167. The molecule has 0 amide bonds. The molecule has 0 fully saturated rings. The monoisotopic (exact) mass is 197 g/mol. The summed E-state index contributed by atoms with van der Waals surface area (Å²) in [6, 6.07) is 0. The van der Waals surface area contributed by atoms with E-state index in [1.54, 1.807) is 0 Å². The number of nitrogens with one attached hydrogen (secondary N) is 1. The minimum Gasteiger partial charge on any atom is -0.311 e. The first-order valence-corrected chi connectivity index (χ1v) is 5.71. The fourth-order valence-electron chi connectivity index (χ4n) is 1.31. The maximum absolute atomic E-state index is 3.95. The predicted molar refractivity (Wildman–Crippen MR) is 65.6 cm³/mol. The highest BCUT2D eigenvalue weighted by molar-refractivity contribution is 4.94. The summed E-state index contributed by atoms with van der Waals surface area (Å²) in [5, 5.41) is 3.55. The molecule has 84 valence electrons. The summed E-state index contributed by atoms with van der Waals surface area (Å²) in [4.78, 5) is 0. The van der Waals surface area contributed by atoms with Gasteiger partial charge >= 0.3 is 0 Å². The Balaban J connectivity index is 4.05. The Hall–Kier alpha value is -0.300. The van der Waals surface area contributed by atoms with E-state index in [1.165, 1.54) is 19.3 Å². The van der Waals surface area contributed by atoms with E-state index < -0.39 is 0 Å². The van der Waals surface area contributed by atoms with Gasteiger partial charge in [0.05, 0.1) is 0 Å². The number of hydrogen-bond acceptors (Lipinski definition) is 1. The fraction of sp³-hybridized carbons (Fsp3) is 0.846. The molecule has 1 N–H and O–H groups in total. The van der Waals surface area contributed by atoms with Gasteiger partial charge in [-0.05, 0) is 32.6 Å². The number of unbranched alkanes of at least 4 members (excludes halogenated alkanes) is 1. The summed E-state index contributed by atoms with van der Waals surface area (Å²) in [7, 11) is 0. The van der Waals surface area contributed by atoms with Gasteiger partial charge in [-0.2, -0.15) is 0 Å². The van der Waals surface area contributed by atoms with Crippen LogP contribution in [0.1, 0.15) is 53.9 Å². The van der Waals surface area contributed by atoms with Crippen molar-refractivity contribution in [3.05, 3.63) is 12.7 Å². The summed E-state index contributed by atoms with van der Waals surface area (Å²) >= 11 is 0. The molecule has 0 aromatic rings. The summed E-state index contributed by atoms with van der Waals surface area (Å²) in [5.41, 5.74) is 0.458. The van der Waals surface area contributed by atoms with Gasteiger partial charge in [0.1, 0.15) is 0 Å². The molecule has 1 heteroatoms. The van der Waals surface area contributed by atoms with Crippen molar-refractivity contribution in [3.63, 3.8) is 0 Å². The van der Waals surface area contributed by atoms with Crippen molar-refractivity contribution in [2.75, 3.05) is 6.54 Å². The van der Waals surface area contributed by atoms with E-state index in [0.29, 0.717) is 0 Å². The average Bonchev–Trinajstić information content (AvgIpc) is 2.10. The smallest absolute Gasteiger partial charge is 0.00968 e. The summed E-state index contributed by atoms with van der Waals surface area (Å²) in [5.74, 6) is 0. The first-order chi connectivity index (χ1) is 6.33. The standard InChI is InChI=1S/C13H27N/c1-7-9-10-13(6,8-2)11-14-12(3,4)5/h8,14H,2,7,9-11H2,1,3-6H3. The van der Waals surface area contributed by atoms with Crippen molar-refractivity contribution in [3.8, 4) is 0 Å². The largest absolute Gasteiger partial charge is 0.311 e. The van der Waals surface area contributed by atoms with Gasteiger partial charge in [0.2, 0.25) is 0 Å². The zero-order valence-electron chi connectivity index (χ0n) is 10.6. The van der Waals surface area contributed by atoms with Crippen molar-refractivity contribution in [1.82, 2.24) is 5.32 Å². The Morgan fingerprint density at radius 3 is 2.14 bits per heavy atom. The maximum Gasteiger partial charge on any atom is 0.00968 e. The maximum atomic E-state index is 3.95. The van der Waals surface area contributed by atoms with E-state index in [2.05, 4.69) is 52.6 Å². The minimum absolute atomic E-state index is 0.205. The lowest BCUT2D eigenvalue weighted by atomic mass is 9.84. The quantitative estimate of drug-likeness (QED) is 0.639. The molecule has 0 rings (SSSR count). The molecule has 0 heterocycles. The Labute approximate surface area is 90.0 Å². The molecule has 0 aliphatic rings. The minimum atomic E-state index is 0.205. The predicted octanol–water partition coefficient (Wildman–Crippen LogP) is 3.76. The van der Waals surface area contributed by atoms with E-state index >= 15 is 0 Å². The molecular weight excluding hydrogens is 170 g/mol. The first kappa shape index (κ1) is 13.7. The van der Waals surface area contributed by atoms with Gasteiger partial charge in [-0.1, -0.05) is 32.8 Å². The molecule has 14 heavy (non-hydrogen) atoms. The highest BCUT2D eigenvalue weighted by atomic mass is 15.0. The Kier molecular flexibility index (Phi) is 5.43. The van der Waals surface area contributed by atoms with E-state index in [9.17, 15) is 0 Å². The van der Waals surface area contributed by atoms with Gasteiger partial charge in [-0.3, -0.25) is 0 Å². The second-order valence-corrected chi connectivity index (χ2v) is 5.57. The van der Waals surface area contributed by atoms with Crippen molar-refractivity contribution in [2.45, 2.75) is 59.4 Å². The lowest BCUT2D eigenvalue weighted by Gasteiger charge is -2.31. The van der Waals surface area contributed by atoms with E-state index in [-0.39, 0.29) is 11.0 Å². The topological polar surface area (TPSA) is 12.0 Å². The molecule has 0 saturated carbocycles. The van der Waals surface area contributed by atoms with Crippen molar-refractivity contribution >= 4 is 0 Å². The zero-order valence-corrected chi connectivity index (χ0v) is 10.6. The van der Waals surface area contributed by atoms with E-state index in [0.717, 1.165) is 6.54 Å². The molecule has 0 aliphatic heterocycles. The van der Waals surface area contributed by atoms with Gasteiger partial charge in [0.15, 0.2) is 0 Å². The Morgan fingerprint density at radius 2 is 1.79 bits per heavy atom. The van der Waals surface area contributed by atoms with Crippen LogP contribution >= 0.6 is 0 Å². The summed E-state index contributed by atoms with van der Waals surface area (Å²) in [6.07, 6.45) is 5.88. The van der Waals surface area contributed by atoms with Crippen LogP contribution in [0.2, 0.25) is 0 Å². The third-order valence-corrected chi connectivity index (χ3v) is 2.62. The SMILES string of the molecule is C=CC(C)(CCCC)CNC(C)(C)C. The molecular formula is C13H27N. The Morgan fingerprint density at radius 1 is 1.21 bits per heavy atom. The highest BCUT2D eigenvalue weighted by Gasteiger charge is 2.21. The first-order valence-electron chi connectivity index (χ1n) is 5.71. The summed E-state index contributed by atoms with van der Waals surface area (Å²) < 4.78 is 0. The van der Waals surface area contributed by atoms with Crippen molar-refractivity contribution < 1.29 is 0 Å². The molecule has 1 unspecified atom stereocenters. The van der Waals surface area contributed by atoms with Gasteiger partial charge in [0, 0.05) is 12.1 Å². The molecule has 0 aliphatic carbocycles. The van der Waals surface area contributed by atoms with Gasteiger partial charge in [0.25, 0.3) is 0 Å². The van der Waals surface area contributed by atoms with Gasteiger partial charge in [-0.15, -0.1) is 6.58 Å². The molecule has 0 aromatic carbocycles. The van der Waals surface area contributed by atoms with Crippen LogP contribution in [0.4, 0.5) is 0 Å². The zero-order chi connectivity index (χ0) is 11.2. The lowest BCUT2D eigenvalue weighted by Crippen LogP contribution is -2.42. The molecule has 0 spiro atoms. The highest BCUT2D eigenvalue weighted by Crippen LogP contribution is 2.25.